The van der Waals surface area contributed by atoms with Crippen molar-refractivity contribution < 1.29 is 14.3 Å². The van der Waals surface area contributed by atoms with Crippen LogP contribution in [0, 0.1) is 11.8 Å². The van der Waals surface area contributed by atoms with Crippen molar-refractivity contribution in [2.45, 2.75) is 39.2 Å². The maximum atomic E-state index is 11.9. The summed E-state index contributed by atoms with van der Waals surface area (Å²) in [4.78, 5) is 23.5. The van der Waals surface area contributed by atoms with E-state index in [1.54, 1.807) is 17.4 Å². The molecule has 1 aliphatic rings. The largest absolute Gasteiger partial charge is 0.452 e. The van der Waals surface area contributed by atoms with Crippen LogP contribution in [0.15, 0.2) is 22.9 Å². The van der Waals surface area contributed by atoms with Crippen LogP contribution in [0.5, 0.6) is 0 Å². The molecule has 1 N–H and O–H groups in total. The van der Waals surface area contributed by atoms with E-state index in [4.69, 9.17) is 4.74 Å². The molecule has 0 aromatic carbocycles. The lowest BCUT2D eigenvalue weighted by atomic mass is 9.78. The molecule has 3 atom stereocenters. The highest BCUT2D eigenvalue weighted by Crippen LogP contribution is 2.29. The second-order valence-electron chi connectivity index (χ2n) is 5.94. The van der Waals surface area contributed by atoms with Gasteiger partial charge in [0.15, 0.2) is 6.61 Å². The zero-order valence-electron chi connectivity index (χ0n) is 13.1. The molecule has 0 aliphatic heterocycles. The van der Waals surface area contributed by atoms with Gasteiger partial charge in [-0.1, -0.05) is 26.7 Å². The number of hydrogen-bond acceptors (Lipinski definition) is 4. The Hall–Kier alpha value is -1.62. The van der Waals surface area contributed by atoms with Crippen molar-refractivity contribution in [2.24, 2.45) is 11.8 Å². The van der Waals surface area contributed by atoms with Crippen LogP contribution in [0.2, 0.25) is 0 Å². The number of nitrogens with one attached hydrogen (secondary N) is 1. The Morgan fingerprint density at radius 2 is 2.23 bits per heavy atom. The fourth-order valence-corrected chi connectivity index (χ4v) is 3.38. The first-order valence-electron chi connectivity index (χ1n) is 7.72. The van der Waals surface area contributed by atoms with E-state index in [1.165, 1.54) is 12.5 Å². The predicted molar refractivity (Wildman–Crippen MR) is 88.4 cm³/mol. The molecule has 1 heterocycles. The van der Waals surface area contributed by atoms with Crippen molar-refractivity contribution in [2.75, 3.05) is 6.61 Å². The lowest BCUT2D eigenvalue weighted by molar-refractivity contribution is -0.144. The molecule has 1 aromatic rings. The average molecular weight is 321 g/mol. The molecule has 2 rings (SSSR count). The molecular weight excluding hydrogens is 298 g/mol. The molecule has 5 heteroatoms. The minimum absolute atomic E-state index is 0.191. The second kappa shape index (κ2) is 8.13. The molecule has 0 spiro atoms. The minimum atomic E-state index is -0.494. The van der Waals surface area contributed by atoms with Crippen LogP contribution in [0.1, 0.15) is 38.7 Å². The van der Waals surface area contributed by atoms with Gasteiger partial charge in [-0.05, 0) is 46.7 Å². The highest BCUT2D eigenvalue weighted by molar-refractivity contribution is 7.08. The van der Waals surface area contributed by atoms with Gasteiger partial charge >= 0.3 is 5.97 Å². The molecule has 22 heavy (non-hydrogen) atoms. The molecular formula is C17H23NO3S. The molecule has 4 nitrogen and oxygen atoms in total. The van der Waals surface area contributed by atoms with Crippen LogP contribution in [-0.4, -0.2) is 24.5 Å². The van der Waals surface area contributed by atoms with E-state index >= 15 is 0 Å². The Bertz CT molecular complexity index is 524. The van der Waals surface area contributed by atoms with Gasteiger partial charge in [0.2, 0.25) is 0 Å². The van der Waals surface area contributed by atoms with Crippen LogP contribution in [-0.2, 0) is 14.3 Å². The Labute approximate surface area is 135 Å². The Kier molecular flexibility index (Phi) is 6.19. The van der Waals surface area contributed by atoms with E-state index in [1.807, 2.05) is 16.8 Å². The Morgan fingerprint density at radius 3 is 2.95 bits per heavy atom. The van der Waals surface area contributed by atoms with Gasteiger partial charge in [0, 0.05) is 12.1 Å². The first kappa shape index (κ1) is 16.7. The van der Waals surface area contributed by atoms with Crippen molar-refractivity contribution in [3.05, 3.63) is 28.5 Å². The van der Waals surface area contributed by atoms with Crippen molar-refractivity contribution in [1.82, 2.24) is 5.32 Å². The number of carbonyl (C=O) groups excluding carboxylic acids is 2. The number of carbonyl (C=O) groups is 2. The topological polar surface area (TPSA) is 55.4 Å². The predicted octanol–water partition coefficient (Wildman–Crippen LogP) is 3.25. The summed E-state index contributed by atoms with van der Waals surface area (Å²) in [6.07, 6.45) is 6.39. The van der Waals surface area contributed by atoms with E-state index < -0.39 is 5.97 Å². The maximum absolute atomic E-state index is 11.9. The van der Waals surface area contributed by atoms with Crippen molar-refractivity contribution in [3.63, 3.8) is 0 Å². The standard InChI is InChI=1S/C17H23NO3S/c1-12-4-3-5-15(13(12)2)18-16(19)10-21-17(20)7-6-14-8-9-22-11-14/h6-9,11-13,15H,3-5,10H2,1-2H3,(H,18,19)/b7-6+/t12-,13-,15+/m1/s1. The van der Waals surface area contributed by atoms with E-state index in [-0.39, 0.29) is 18.6 Å². The molecule has 0 unspecified atom stereocenters. The van der Waals surface area contributed by atoms with Crippen LogP contribution < -0.4 is 5.32 Å². The zero-order valence-corrected chi connectivity index (χ0v) is 13.9. The summed E-state index contributed by atoms with van der Waals surface area (Å²) < 4.78 is 4.97. The summed E-state index contributed by atoms with van der Waals surface area (Å²) in [5, 5.41) is 6.85. The monoisotopic (exact) mass is 321 g/mol. The van der Waals surface area contributed by atoms with Crippen LogP contribution in [0.25, 0.3) is 6.08 Å². The smallest absolute Gasteiger partial charge is 0.331 e. The quantitative estimate of drug-likeness (QED) is 0.669. The molecule has 1 aromatic heterocycles. The maximum Gasteiger partial charge on any atom is 0.331 e. The molecule has 0 bridgehead atoms. The first-order chi connectivity index (χ1) is 10.6. The summed E-state index contributed by atoms with van der Waals surface area (Å²) in [5.74, 6) is 0.372. The van der Waals surface area contributed by atoms with Gasteiger partial charge < -0.3 is 10.1 Å². The number of rotatable bonds is 5. The van der Waals surface area contributed by atoms with Gasteiger partial charge in [0.1, 0.15) is 0 Å². The van der Waals surface area contributed by atoms with Crippen LogP contribution >= 0.6 is 11.3 Å². The van der Waals surface area contributed by atoms with Gasteiger partial charge in [-0.3, -0.25) is 4.79 Å². The zero-order chi connectivity index (χ0) is 15.9. The highest BCUT2D eigenvalue weighted by Gasteiger charge is 2.28. The molecule has 1 aliphatic carbocycles. The minimum Gasteiger partial charge on any atom is -0.452 e. The summed E-state index contributed by atoms with van der Waals surface area (Å²) in [6, 6.07) is 2.10. The lowest BCUT2D eigenvalue weighted by Crippen LogP contribution is -2.45. The number of thiophene rings is 1. The van der Waals surface area contributed by atoms with Gasteiger partial charge in [-0.15, -0.1) is 0 Å². The van der Waals surface area contributed by atoms with E-state index in [2.05, 4.69) is 19.2 Å². The highest BCUT2D eigenvalue weighted by atomic mass is 32.1. The molecule has 1 saturated carbocycles. The van der Waals surface area contributed by atoms with Gasteiger partial charge in [0.05, 0.1) is 0 Å². The summed E-state index contributed by atoms with van der Waals surface area (Å²) in [5.41, 5.74) is 0.955. The van der Waals surface area contributed by atoms with E-state index in [0.717, 1.165) is 18.4 Å². The van der Waals surface area contributed by atoms with Gasteiger partial charge in [-0.25, -0.2) is 4.79 Å². The first-order valence-corrected chi connectivity index (χ1v) is 8.67. The number of ether oxygens (including phenoxy) is 1. The average Bonchev–Trinajstić information content (AvgIpc) is 3.01. The fraction of sp³-hybridized carbons (Fsp3) is 0.529. The molecule has 0 saturated heterocycles. The summed E-state index contributed by atoms with van der Waals surface area (Å²) in [6.45, 7) is 4.17. The molecule has 1 fully saturated rings. The van der Waals surface area contributed by atoms with Crippen molar-refractivity contribution in [1.29, 1.82) is 0 Å². The Morgan fingerprint density at radius 1 is 1.41 bits per heavy atom. The molecule has 0 radical (unpaired) electrons. The summed E-state index contributed by atoms with van der Waals surface area (Å²) >= 11 is 1.56. The Balaban J connectivity index is 1.72. The fourth-order valence-electron chi connectivity index (χ4n) is 2.75. The summed E-state index contributed by atoms with van der Waals surface area (Å²) in [7, 11) is 0. The number of esters is 1. The van der Waals surface area contributed by atoms with Crippen LogP contribution in [0.3, 0.4) is 0 Å². The third-order valence-electron chi connectivity index (χ3n) is 4.35. The third-order valence-corrected chi connectivity index (χ3v) is 5.06. The molecule has 120 valence electrons. The number of amides is 1. The second-order valence-corrected chi connectivity index (χ2v) is 6.72. The van der Waals surface area contributed by atoms with Crippen molar-refractivity contribution >= 4 is 29.3 Å². The van der Waals surface area contributed by atoms with Crippen LogP contribution in [0.4, 0.5) is 0 Å². The molecule has 1 amide bonds. The lowest BCUT2D eigenvalue weighted by Gasteiger charge is -2.34. The van der Waals surface area contributed by atoms with Gasteiger partial charge in [0.25, 0.3) is 5.91 Å². The number of hydrogen-bond donors (Lipinski definition) is 1. The normalized spacial score (nSPS) is 25.1. The SMILES string of the molecule is C[C@@H]1[C@H](C)CCC[C@@H]1NC(=O)COC(=O)/C=C/c1ccsc1. The van der Waals surface area contributed by atoms with E-state index in [9.17, 15) is 9.59 Å². The van der Waals surface area contributed by atoms with Crippen molar-refractivity contribution in [3.8, 4) is 0 Å². The third kappa shape index (κ3) is 4.98. The van der Waals surface area contributed by atoms with Gasteiger partial charge in [-0.2, -0.15) is 11.3 Å². The van der Waals surface area contributed by atoms with E-state index in [0.29, 0.717) is 11.8 Å².